The second-order valence-corrected chi connectivity index (χ2v) is 7.31. The molecule has 0 aliphatic rings. The first-order chi connectivity index (χ1) is 13.1. The minimum absolute atomic E-state index is 0.0000917. The van der Waals surface area contributed by atoms with Gasteiger partial charge in [-0.2, -0.15) is 30.8 Å². The van der Waals surface area contributed by atoms with Crippen LogP contribution in [0.25, 0.3) is 11.3 Å². The first-order valence-corrected chi connectivity index (χ1v) is 9.03. The molecule has 0 atom stereocenters. The maximum absolute atomic E-state index is 12.9. The lowest BCUT2D eigenvalue weighted by molar-refractivity contribution is -0.137. The Kier molecular flexibility index (Phi) is 4.75. The number of hydrogen-bond acceptors (Lipinski definition) is 7. The average Bonchev–Trinajstić information content (AvgIpc) is 3.27. The number of nitrogens with zero attached hydrogens (tertiary/aromatic N) is 3. The number of alkyl halides is 3. The van der Waals surface area contributed by atoms with Gasteiger partial charge in [0.05, 0.1) is 35.0 Å². The van der Waals surface area contributed by atoms with Crippen molar-refractivity contribution in [2.24, 2.45) is 0 Å². The van der Waals surface area contributed by atoms with Crippen LogP contribution in [0.2, 0.25) is 0 Å². The average molecular weight is 415 g/mol. The Morgan fingerprint density at radius 3 is 2.61 bits per heavy atom. The molecular weight excluding hydrogens is 403 g/mol. The topological polar surface area (TPSA) is 104 Å². The molecule has 0 saturated carbocycles. The Bertz CT molecular complexity index is 1150. The third-order valence-electron chi connectivity index (χ3n) is 3.79. The van der Waals surface area contributed by atoms with Crippen molar-refractivity contribution in [1.82, 2.24) is 14.3 Å². The molecule has 0 saturated heterocycles. The minimum Gasteiger partial charge on any atom is -0.464 e. The fourth-order valence-electron chi connectivity index (χ4n) is 2.50. The number of halogens is 3. The van der Waals surface area contributed by atoms with Crippen LogP contribution in [0, 0.1) is 6.92 Å². The number of benzene rings is 1. The van der Waals surface area contributed by atoms with E-state index in [0.29, 0.717) is 10.2 Å². The van der Waals surface area contributed by atoms with E-state index in [9.17, 15) is 26.4 Å². The number of carbonyl (C=O) groups excluding carboxylic acids is 1. The number of ether oxygens (including phenoxy) is 1. The van der Waals surface area contributed by atoms with Gasteiger partial charge in [0, 0.05) is 0 Å². The van der Waals surface area contributed by atoms with Crippen molar-refractivity contribution in [3.63, 3.8) is 0 Å². The van der Waals surface area contributed by atoms with E-state index < -0.39 is 32.6 Å². The van der Waals surface area contributed by atoms with E-state index in [-0.39, 0.29) is 22.7 Å². The number of hydrogen-bond donors (Lipinski definition) is 0. The molecule has 0 N–H and O–H groups in total. The van der Waals surface area contributed by atoms with Crippen molar-refractivity contribution in [2.45, 2.75) is 18.0 Å². The van der Waals surface area contributed by atoms with Crippen molar-refractivity contribution in [3.05, 3.63) is 53.5 Å². The number of methoxy groups -OCH3 is 1. The summed E-state index contributed by atoms with van der Waals surface area (Å²) in [5, 5.41) is 7.26. The molecule has 0 aliphatic carbocycles. The van der Waals surface area contributed by atoms with Crippen molar-refractivity contribution in [1.29, 1.82) is 0 Å². The van der Waals surface area contributed by atoms with E-state index in [1.165, 1.54) is 13.0 Å². The van der Waals surface area contributed by atoms with Crippen molar-refractivity contribution < 1.29 is 35.6 Å². The highest BCUT2D eigenvalue weighted by molar-refractivity contribution is 7.90. The van der Waals surface area contributed by atoms with Crippen molar-refractivity contribution in [3.8, 4) is 11.3 Å². The van der Waals surface area contributed by atoms with E-state index in [0.717, 1.165) is 31.5 Å². The van der Waals surface area contributed by atoms with Gasteiger partial charge in [-0.05, 0) is 31.2 Å². The highest BCUT2D eigenvalue weighted by atomic mass is 32.2. The third-order valence-corrected chi connectivity index (χ3v) is 5.39. The quantitative estimate of drug-likeness (QED) is 0.604. The summed E-state index contributed by atoms with van der Waals surface area (Å²) in [5.41, 5.74) is -1.53. The number of carbonyl (C=O) groups is 1. The van der Waals surface area contributed by atoms with Gasteiger partial charge in [-0.1, -0.05) is 11.2 Å². The second kappa shape index (κ2) is 6.78. The van der Waals surface area contributed by atoms with Gasteiger partial charge in [-0.3, -0.25) is 0 Å². The smallest absolute Gasteiger partial charge is 0.416 e. The van der Waals surface area contributed by atoms with Gasteiger partial charge >= 0.3 is 12.1 Å². The fourth-order valence-corrected chi connectivity index (χ4v) is 3.82. The molecule has 0 spiro atoms. The lowest BCUT2D eigenvalue weighted by atomic mass is 10.1. The number of esters is 1. The molecule has 3 rings (SSSR count). The van der Waals surface area contributed by atoms with Gasteiger partial charge in [-0.15, -0.1) is 0 Å². The predicted molar refractivity (Wildman–Crippen MR) is 87.8 cm³/mol. The molecule has 148 valence electrons. The van der Waals surface area contributed by atoms with Crippen LogP contribution in [0.15, 0.2) is 45.9 Å². The summed E-state index contributed by atoms with van der Waals surface area (Å²) in [6, 6.07) is 4.50. The number of rotatable bonds is 4. The van der Waals surface area contributed by atoms with E-state index in [4.69, 9.17) is 4.52 Å². The Morgan fingerprint density at radius 2 is 1.96 bits per heavy atom. The number of aryl methyl sites for hydroxylation is 1. The summed E-state index contributed by atoms with van der Waals surface area (Å²) in [4.78, 5) is 11.3. The zero-order chi connectivity index (χ0) is 20.7. The molecule has 2 heterocycles. The Balaban J connectivity index is 2.18. The molecule has 12 heteroatoms. The molecule has 8 nitrogen and oxygen atoms in total. The minimum atomic E-state index is -4.72. The highest BCUT2D eigenvalue weighted by Crippen LogP contribution is 2.33. The second-order valence-electron chi connectivity index (χ2n) is 5.54. The van der Waals surface area contributed by atoms with Gasteiger partial charge in [0.25, 0.3) is 10.0 Å². The molecule has 0 bridgehead atoms. The Hall–Kier alpha value is -3.15. The van der Waals surface area contributed by atoms with Crippen LogP contribution in [0.5, 0.6) is 0 Å². The van der Waals surface area contributed by atoms with Gasteiger partial charge in [-0.25, -0.2) is 4.79 Å². The summed E-state index contributed by atoms with van der Waals surface area (Å²) in [6.07, 6.45) is -3.60. The first-order valence-electron chi connectivity index (χ1n) is 7.59. The lowest BCUT2D eigenvalue weighted by Gasteiger charge is -2.11. The highest BCUT2D eigenvalue weighted by Gasteiger charge is 2.33. The standard InChI is InChI=1S/C16H12F3N3O5S/c1-9-13(14(21-27-9)15(23)26-2)12-6-7-20-22(12)28(24,25)11-5-3-4-10(8-11)16(17,18)19/h3-8H,1-2H3. The molecule has 3 aromatic rings. The Labute approximate surface area is 156 Å². The normalized spacial score (nSPS) is 12.2. The van der Waals surface area contributed by atoms with Gasteiger partial charge in [0.1, 0.15) is 5.76 Å². The van der Waals surface area contributed by atoms with Crippen LogP contribution in [0.3, 0.4) is 0 Å². The monoisotopic (exact) mass is 415 g/mol. The van der Waals surface area contributed by atoms with Crippen molar-refractivity contribution >= 4 is 16.0 Å². The van der Waals surface area contributed by atoms with Crippen LogP contribution in [0.1, 0.15) is 21.8 Å². The first kappa shape index (κ1) is 19.6. The van der Waals surface area contributed by atoms with Crippen LogP contribution >= 0.6 is 0 Å². The molecule has 0 unspecified atom stereocenters. The fraction of sp³-hybridized carbons (Fsp3) is 0.188. The van der Waals surface area contributed by atoms with Crippen LogP contribution in [-0.4, -0.2) is 35.8 Å². The number of aromatic nitrogens is 3. The largest absolute Gasteiger partial charge is 0.464 e. The molecule has 0 aliphatic heterocycles. The summed E-state index contributed by atoms with van der Waals surface area (Å²) in [6.45, 7) is 1.43. The van der Waals surface area contributed by atoms with Gasteiger partial charge < -0.3 is 9.26 Å². The summed E-state index contributed by atoms with van der Waals surface area (Å²) >= 11 is 0. The van der Waals surface area contributed by atoms with E-state index in [1.54, 1.807) is 0 Å². The molecule has 1 aromatic carbocycles. The lowest BCUT2D eigenvalue weighted by Crippen LogP contribution is -2.17. The van der Waals surface area contributed by atoms with Crippen LogP contribution in [-0.2, 0) is 20.9 Å². The molecule has 0 fully saturated rings. The zero-order valence-corrected chi connectivity index (χ0v) is 15.2. The molecule has 0 radical (unpaired) electrons. The summed E-state index contributed by atoms with van der Waals surface area (Å²) in [7, 11) is -3.41. The van der Waals surface area contributed by atoms with E-state index in [2.05, 4.69) is 15.0 Å². The molecular formula is C16H12F3N3O5S. The zero-order valence-electron chi connectivity index (χ0n) is 14.4. The van der Waals surface area contributed by atoms with Gasteiger partial charge in [0.15, 0.2) is 0 Å². The SMILES string of the molecule is COC(=O)c1noc(C)c1-c1ccnn1S(=O)(=O)c1cccc(C(F)(F)F)c1. The van der Waals surface area contributed by atoms with Crippen LogP contribution in [0.4, 0.5) is 13.2 Å². The van der Waals surface area contributed by atoms with E-state index >= 15 is 0 Å². The maximum Gasteiger partial charge on any atom is 0.416 e. The van der Waals surface area contributed by atoms with Crippen LogP contribution < -0.4 is 0 Å². The Morgan fingerprint density at radius 1 is 1.25 bits per heavy atom. The summed E-state index contributed by atoms with van der Waals surface area (Å²) in [5.74, 6) is -0.780. The molecule has 28 heavy (non-hydrogen) atoms. The van der Waals surface area contributed by atoms with Gasteiger partial charge in [0.2, 0.25) is 5.69 Å². The van der Waals surface area contributed by atoms with E-state index in [1.807, 2.05) is 0 Å². The third kappa shape index (κ3) is 3.26. The molecule has 0 amide bonds. The maximum atomic E-state index is 12.9. The van der Waals surface area contributed by atoms with Crippen molar-refractivity contribution in [2.75, 3.05) is 7.11 Å². The predicted octanol–water partition coefficient (Wildman–Crippen LogP) is 2.89. The molecule has 2 aromatic heterocycles. The summed E-state index contributed by atoms with van der Waals surface area (Å²) < 4.78 is 74.7.